The van der Waals surface area contributed by atoms with Gasteiger partial charge in [0.25, 0.3) is 0 Å². The molecule has 0 bridgehead atoms. The van der Waals surface area contributed by atoms with Crippen LogP contribution in [0.4, 0.5) is 0 Å². The van der Waals surface area contributed by atoms with E-state index in [1.807, 2.05) is 0 Å². The van der Waals surface area contributed by atoms with Crippen molar-refractivity contribution in [2.75, 3.05) is 38.5 Å². The third-order valence-corrected chi connectivity index (χ3v) is 4.42. The van der Waals surface area contributed by atoms with Crippen LogP contribution in [0, 0.1) is 5.92 Å². The van der Waals surface area contributed by atoms with Crippen LogP contribution in [0.1, 0.15) is 26.2 Å². The summed E-state index contributed by atoms with van der Waals surface area (Å²) in [4.78, 5) is 2.38. The Hall–Kier alpha value is -0.170. The summed E-state index contributed by atoms with van der Waals surface area (Å²) in [5, 5.41) is 8.60. The Bertz CT molecular complexity index is 300. The van der Waals surface area contributed by atoms with Gasteiger partial charge in [0, 0.05) is 19.7 Å². The molecule has 0 spiro atoms. The number of likely N-dealkylation sites (tertiary alicyclic amines) is 1. The second-order valence-electron chi connectivity index (χ2n) is 4.86. The molecule has 0 saturated carbocycles. The Kier molecular flexibility index (Phi) is 6.40. The van der Waals surface area contributed by atoms with Crippen molar-refractivity contribution in [1.82, 2.24) is 9.62 Å². The number of hydrogen-bond acceptors (Lipinski definition) is 4. The Balaban J connectivity index is 2.19. The van der Waals surface area contributed by atoms with Gasteiger partial charge in [-0.3, -0.25) is 0 Å². The predicted molar refractivity (Wildman–Crippen MR) is 68.3 cm³/mol. The maximum atomic E-state index is 11.5. The van der Waals surface area contributed by atoms with E-state index in [1.54, 1.807) is 0 Å². The first-order valence-corrected chi connectivity index (χ1v) is 7.99. The van der Waals surface area contributed by atoms with Crippen molar-refractivity contribution >= 4 is 10.0 Å². The third-order valence-electron chi connectivity index (χ3n) is 2.99. The van der Waals surface area contributed by atoms with Crippen LogP contribution in [0.3, 0.4) is 0 Å². The largest absolute Gasteiger partial charge is 0.396 e. The zero-order chi connectivity index (χ0) is 12.7. The molecule has 1 fully saturated rings. The van der Waals surface area contributed by atoms with Gasteiger partial charge in [-0.2, -0.15) is 0 Å². The normalized spacial score (nSPS) is 19.6. The van der Waals surface area contributed by atoms with Gasteiger partial charge in [0.2, 0.25) is 10.0 Å². The number of nitrogens with zero attached hydrogens (tertiary/aromatic N) is 1. The van der Waals surface area contributed by atoms with Crippen molar-refractivity contribution in [2.45, 2.75) is 26.2 Å². The topological polar surface area (TPSA) is 69.6 Å². The highest BCUT2D eigenvalue weighted by molar-refractivity contribution is 7.89. The van der Waals surface area contributed by atoms with Crippen molar-refractivity contribution in [1.29, 1.82) is 0 Å². The molecule has 17 heavy (non-hydrogen) atoms. The van der Waals surface area contributed by atoms with Crippen molar-refractivity contribution in [3.05, 3.63) is 0 Å². The van der Waals surface area contributed by atoms with Crippen molar-refractivity contribution in [3.63, 3.8) is 0 Å². The summed E-state index contributed by atoms with van der Waals surface area (Å²) in [5.74, 6) is 0.344. The third kappa shape index (κ3) is 6.35. The Morgan fingerprint density at radius 3 is 2.59 bits per heavy atom. The van der Waals surface area contributed by atoms with Gasteiger partial charge in [0.15, 0.2) is 0 Å². The van der Waals surface area contributed by atoms with E-state index in [0.29, 0.717) is 18.9 Å². The van der Waals surface area contributed by atoms with E-state index < -0.39 is 10.0 Å². The van der Waals surface area contributed by atoms with E-state index in [-0.39, 0.29) is 12.4 Å². The van der Waals surface area contributed by atoms with Crippen LogP contribution >= 0.6 is 0 Å². The molecule has 0 amide bonds. The van der Waals surface area contributed by atoms with Crippen molar-refractivity contribution in [2.24, 2.45) is 5.92 Å². The van der Waals surface area contributed by atoms with Crippen LogP contribution in [0.2, 0.25) is 0 Å². The molecule has 6 heteroatoms. The van der Waals surface area contributed by atoms with Gasteiger partial charge in [0.1, 0.15) is 0 Å². The lowest BCUT2D eigenvalue weighted by molar-refractivity contribution is 0.287. The number of aliphatic hydroxyl groups excluding tert-OH is 1. The fourth-order valence-corrected chi connectivity index (χ4v) is 3.26. The molecule has 1 rings (SSSR count). The predicted octanol–water partition coefficient (Wildman–Crippen LogP) is 0.0201. The van der Waals surface area contributed by atoms with Crippen molar-refractivity contribution < 1.29 is 13.5 Å². The van der Waals surface area contributed by atoms with Crippen LogP contribution in [0.25, 0.3) is 0 Å². The van der Waals surface area contributed by atoms with E-state index in [0.717, 1.165) is 19.6 Å². The molecule has 0 aliphatic carbocycles. The molecule has 1 aliphatic heterocycles. The summed E-state index contributed by atoms with van der Waals surface area (Å²) >= 11 is 0. The average molecular weight is 264 g/mol. The van der Waals surface area contributed by atoms with Gasteiger partial charge in [0.05, 0.1) is 5.75 Å². The van der Waals surface area contributed by atoms with E-state index in [4.69, 9.17) is 5.11 Å². The molecular weight excluding hydrogens is 240 g/mol. The lowest BCUT2D eigenvalue weighted by Crippen LogP contribution is -2.35. The van der Waals surface area contributed by atoms with Crippen LogP contribution in [0.5, 0.6) is 0 Å². The summed E-state index contributed by atoms with van der Waals surface area (Å²) < 4.78 is 25.6. The summed E-state index contributed by atoms with van der Waals surface area (Å²) in [7, 11) is -3.20. The first-order chi connectivity index (χ1) is 8.03. The molecule has 1 heterocycles. The fraction of sp³-hybridized carbons (Fsp3) is 1.00. The molecule has 1 atom stereocenters. The minimum atomic E-state index is -3.20. The van der Waals surface area contributed by atoms with Crippen molar-refractivity contribution in [3.8, 4) is 0 Å². The lowest BCUT2D eigenvalue weighted by Gasteiger charge is -2.20. The lowest BCUT2D eigenvalue weighted by atomic mass is 10.2. The van der Waals surface area contributed by atoms with E-state index in [9.17, 15) is 8.42 Å². The minimum absolute atomic E-state index is 0.0138. The summed E-state index contributed by atoms with van der Waals surface area (Å²) in [5.41, 5.74) is 0. The molecule has 0 aromatic heterocycles. The fourth-order valence-electron chi connectivity index (χ4n) is 2.07. The zero-order valence-corrected chi connectivity index (χ0v) is 11.4. The second-order valence-corrected chi connectivity index (χ2v) is 6.78. The number of nitrogens with one attached hydrogen (secondary N) is 1. The molecule has 0 radical (unpaired) electrons. The molecule has 1 aliphatic rings. The van der Waals surface area contributed by atoms with Gasteiger partial charge >= 0.3 is 0 Å². The molecule has 1 unspecified atom stereocenters. The van der Waals surface area contributed by atoms with E-state index in [2.05, 4.69) is 16.5 Å². The first kappa shape index (κ1) is 14.9. The van der Waals surface area contributed by atoms with Gasteiger partial charge in [-0.15, -0.1) is 0 Å². The highest BCUT2D eigenvalue weighted by Gasteiger charge is 2.16. The van der Waals surface area contributed by atoms with Gasteiger partial charge < -0.3 is 10.0 Å². The minimum Gasteiger partial charge on any atom is -0.396 e. The SMILES string of the molecule is CC(CNS(=O)(=O)CCCO)CN1CCCC1. The smallest absolute Gasteiger partial charge is 0.211 e. The number of hydrogen-bond donors (Lipinski definition) is 2. The maximum Gasteiger partial charge on any atom is 0.211 e. The van der Waals surface area contributed by atoms with Gasteiger partial charge in [-0.25, -0.2) is 13.1 Å². The molecule has 0 aromatic rings. The van der Waals surface area contributed by atoms with Gasteiger partial charge in [-0.1, -0.05) is 6.92 Å². The zero-order valence-electron chi connectivity index (χ0n) is 10.6. The summed E-state index contributed by atoms with van der Waals surface area (Å²) in [6, 6.07) is 0. The van der Waals surface area contributed by atoms with Crippen LogP contribution in [-0.2, 0) is 10.0 Å². The molecule has 5 nitrogen and oxygen atoms in total. The van der Waals surface area contributed by atoms with E-state index >= 15 is 0 Å². The molecule has 102 valence electrons. The van der Waals surface area contributed by atoms with Crippen LogP contribution in [-0.4, -0.2) is 57.0 Å². The van der Waals surface area contributed by atoms with E-state index in [1.165, 1.54) is 12.8 Å². The highest BCUT2D eigenvalue weighted by atomic mass is 32.2. The van der Waals surface area contributed by atoms with Crippen LogP contribution in [0.15, 0.2) is 0 Å². The quantitative estimate of drug-likeness (QED) is 0.648. The first-order valence-electron chi connectivity index (χ1n) is 6.34. The average Bonchev–Trinajstić information content (AvgIpc) is 2.77. The van der Waals surface area contributed by atoms with Crippen LogP contribution < -0.4 is 4.72 Å². The molecule has 2 N–H and O–H groups in total. The molecule has 0 aromatic carbocycles. The Morgan fingerprint density at radius 2 is 2.00 bits per heavy atom. The Morgan fingerprint density at radius 1 is 1.35 bits per heavy atom. The maximum absolute atomic E-state index is 11.5. The number of aliphatic hydroxyl groups is 1. The Labute approximate surface area is 104 Å². The number of rotatable bonds is 8. The highest BCUT2D eigenvalue weighted by Crippen LogP contribution is 2.09. The monoisotopic (exact) mass is 264 g/mol. The number of sulfonamides is 1. The molecule has 1 saturated heterocycles. The summed E-state index contributed by atoms with van der Waals surface area (Å²) in [6.07, 6.45) is 2.82. The standard InChI is InChI=1S/C11H24N2O3S/c1-11(10-13-5-2-3-6-13)9-12-17(15,16)8-4-7-14/h11-12,14H,2-10H2,1H3. The summed E-state index contributed by atoms with van der Waals surface area (Å²) in [6.45, 7) is 5.72. The molecular formula is C11H24N2O3S. The van der Waals surface area contributed by atoms with Gasteiger partial charge in [-0.05, 0) is 38.3 Å². The second kappa shape index (κ2) is 7.31.